The monoisotopic (exact) mass is 696 g/mol. The summed E-state index contributed by atoms with van der Waals surface area (Å²) in [5.74, 6) is -0.895. The van der Waals surface area contributed by atoms with Gasteiger partial charge in [-0.3, -0.25) is 14.4 Å². The van der Waals surface area contributed by atoms with Gasteiger partial charge in [0.25, 0.3) is 0 Å². The van der Waals surface area contributed by atoms with E-state index >= 15 is 0 Å². The van der Waals surface area contributed by atoms with Gasteiger partial charge in [-0.05, 0) is 73.1 Å². The van der Waals surface area contributed by atoms with Crippen molar-refractivity contribution in [1.29, 1.82) is 0 Å². The van der Waals surface area contributed by atoms with E-state index in [1.54, 1.807) is 17.0 Å². The maximum absolute atomic E-state index is 14.3. The topological polar surface area (TPSA) is 117 Å². The molecule has 3 aromatic rings. The summed E-state index contributed by atoms with van der Waals surface area (Å²) in [7, 11) is 0. The molecule has 3 fully saturated rings. The third-order valence-electron chi connectivity index (χ3n) is 11.4. The van der Waals surface area contributed by atoms with Crippen LogP contribution < -0.4 is 20.9 Å². The Hall–Kier alpha value is -4.32. The number of halogens is 1. The molecule has 270 valence electrons. The van der Waals surface area contributed by atoms with Gasteiger partial charge in [0.05, 0.1) is 24.8 Å². The van der Waals surface area contributed by atoms with Gasteiger partial charge < -0.3 is 30.9 Å². The number of rotatable bonds is 9. The highest BCUT2D eigenvalue weighted by Gasteiger charge is 2.54. The zero-order chi connectivity index (χ0) is 35.4. The number of hydrogen-bond acceptors (Lipinski definition) is 7. The number of para-hydroxylation sites is 1. The molecular weight excluding hydrogens is 647 g/mol. The van der Waals surface area contributed by atoms with Crippen LogP contribution in [0.3, 0.4) is 0 Å². The summed E-state index contributed by atoms with van der Waals surface area (Å²) in [5, 5.41) is 21.5. The molecule has 11 heteroatoms. The van der Waals surface area contributed by atoms with Crippen molar-refractivity contribution in [3.63, 3.8) is 0 Å². The molecule has 51 heavy (non-hydrogen) atoms. The molecule has 4 N–H and O–H groups in total. The molecular formula is C40H49FN6O4. The molecule has 10 nitrogen and oxygen atoms in total. The van der Waals surface area contributed by atoms with Crippen LogP contribution in [0.4, 0.5) is 10.1 Å². The summed E-state index contributed by atoms with van der Waals surface area (Å²) < 4.78 is 13.8. The summed E-state index contributed by atoms with van der Waals surface area (Å²) in [5.41, 5.74) is 3.25. The first kappa shape index (κ1) is 35.1. The van der Waals surface area contributed by atoms with Crippen molar-refractivity contribution < 1.29 is 23.9 Å². The molecule has 3 atom stereocenters. The van der Waals surface area contributed by atoms with Gasteiger partial charge in [-0.25, -0.2) is 9.29 Å². The first-order valence-electron chi connectivity index (χ1n) is 18.5. The number of nitrogens with zero attached hydrogens (tertiary/aromatic N) is 3. The number of benzene rings is 3. The Morgan fingerprint density at radius 2 is 1.59 bits per heavy atom. The van der Waals surface area contributed by atoms with Crippen LogP contribution in [0.15, 0.2) is 78.9 Å². The van der Waals surface area contributed by atoms with Gasteiger partial charge in [0.2, 0.25) is 17.7 Å². The predicted octanol–water partition coefficient (Wildman–Crippen LogP) is 3.48. The average molecular weight is 697 g/mol. The molecule has 3 amide bonds. The second kappa shape index (κ2) is 15.5. The highest BCUT2D eigenvalue weighted by atomic mass is 19.1. The fourth-order valence-electron chi connectivity index (χ4n) is 8.50. The van der Waals surface area contributed by atoms with E-state index in [1.165, 1.54) is 18.6 Å². The molecule has 0 radical (unpaired) electrons. The summed E-state index contributed by atoms with van der Waals surface area (Å²) in [6, 6.07) is 22.8. The Morgan fingerprint density at radius 1 is 0.902 bits per heavy atom. The minimum atomic E-state index is -0.915. The van der Waals surface area contributed by atoms with Crippen LogP contribution in [-0.2, 0) is 33.8 Å². The van der Waals surface area contributed by atoms with Crippen LogP contribution in [0.1, 0.15) is 61.6 Å². The normalized spacial score (nSPS) is 22.7. The maximum atomic E-state index is 14.3. The van der Waals surface area contributed by atoms with Crippen LogP contribution in [0, 0.1) is 5.82 Å². The lowest BCUT2D eigenvalue weighted by atomic mass is 9.84. The van der Waals surface area contributed by atoms with Crippen molar-refractivity contribution in [2.24, 2.45) is 0 Å². The average Bonchev–Trinajstić information content (AvgIpc) is 3.41. The number of likely N-dealkylation sites (tertiary alicyclic amines) is 1. The van der Waals surface area contributed by atoms with Gasteiger partial charge in [-0.1, -0.05) is 73.9 Å². The van der Waals surface area contributed by atoms with E-state index in [-0.39, 0.29) is 42.5 Å². The van der Waals surface area contributed by atoms with Gasteiger partial charge in [0.1, 0.15) is 18.1 Å². The number of aliphatic hydroxyl groups is 1. The standard InChI is InChI=1S/C40H49FN6O4/c41-31-17-15-28(16-18-31)23-35(44-37(49)34-24-29-9-7-8-10-30(29)25-42-34)38(50)45-21-19-40(20-22-45)39(51)46(27-47(40)33-13-5-2-6-14-33)26-36(48)43-32-11-3-1-4-12-32/h2,5-10,13-18,32,34-35,39,42,51H,1,3-4,11-12,19-27H2,(H,43,48)(H,44,49)/t34-,35-,39?/m1/s1. The zero-order valence-electron chi connectivity index (χ0n) is 29.1. The Bertz CT molecular complexity index is 1680. The minimum absolute atomic E-state index is 0.0751. The highest BCUT2D eigenvalue weighted by molar-refractivity contribution is 5.90. The number of anilines is 1. The summed E-state index contributed by atoms with van der Waals surface area (Å²) in [6.07, 6.45) is 6.22. The lowest BCUT2D eigenvalue weighted by Gasteiger charge is -2.47. The number of hydrogen-bond donors (Lipinski definition) is 4. The number of fused-ring (bicyclic) bond motifs is 1. The SMILES string of the molecule is O=C(CN1CN(c2ccccc2)C2(CCN(C(=O)[C@@H](Cc3ccc(F)cc3)NC(=O)[C@H]3Cc4ccccc4CN3)CC2)C1O)NC1CCCCC1. The third kappa shape index (κ3) is 7.80. The second-order valence-corrected chi connectivity index (χ2v) is 14.7. The quantitative estimate of drug-likeness (QED) is 0.271. The van der Waals surface area contributed by atoms with Crippen molar-refractivity contribution >= 4 is 23.4 Å². The Balaban J connectivity index is 1.06. The van der Waals surface area contributed by atoms with Gasteiger partial charge >= 0.3 is 0 Å². The van der Waals surface area contributed by atoms with E-state index < -0.39 is 23.9 Å². The molecule has 3 aliphatic heterocycles. The molecule has 0 aromatic heterocycles. The summed E-state index contributed by atoms with van der Waals surface area (Å²) in [6.45, 7) is 1.78. The van der Waals surface area contributed by atoms with Crippen molar-refractivity contribution in [2.75, 3.05) is 31.2 Å². The van der Waals surface area contributed by atoms with E-state index in [1.807, 2.05) is 59.5 Å². The molecule has 4 aliphatic rings. The Labute approximate surface area is 299 Å². The lowest BCUT2D eigenvalue weighted by molar-refractivity contribution is -0.139. The number of carbonyl (C=O) groups is 3. The molecule has 7 rings (SSSR count). The molecule has 3 heterocycles. The van der Waals surface area contributed by atoms with Gasteiger partial charge in [0.15, 0.2) is 0 Å². The fraction of sp³-hybridized carbons (Fsp3) is 0.475. The van der Waals surface area contributed by atoms with Crippen LogP contribution in [-0.4, -0.2) is 88.8 Å². The number of carbonyl (C=O) groups excluding carboxylic acids is 3. The second-order valence-electron chi connectivity index (χ2n) is 14.7. The number of amides is 3. The van der Waals surface area contributed by atoms with Gasteiger partial charge in [-0.2, -0.15) is 0 Å². The molecule has 1 saturated carbocycles. The van der Waals surface area contributed by atoms with Gasteiger partial charge in [-0.15, -0.1) is 0 Å². The molecule has 2 saturated heterocycles. The number of aliphatic hydroxyl groups excluding tert-OH is 1. The fourth-order valence-corrected chi connectivity index (χ4v) is 8.50. The van der Waals surface area contributed by atoms with Crippen molar-refractivity contribution in [3.8, 4) is 0 Å². The first-order chi connectivity index (χ1) is 24.8. The minimum Gasteiger partial charge on any atom is -0.376 e. The predicted molar refractivity (Wildman–Crippen MR) is 193 cm³/mol. The molecule has 0 bridgehead atoms. The highest BCUT2D eigenvalue weighted by Crippen LogP contribution is 2.42. The van der Waals surface area contributed by atoms with E-state index in [9.17, 15) is 23.9 Å². The number of piperidine rings is 1. The smallest absolute Gasteiger partial charge is 0.245 e. The molecule has 3 aromatic carbocycles. The molecule has 1 aliphatic carbocycles. The van der Waals surface area contributed by atoms with Crippen LogP contribution in [0.25, 0.3) is 0 Å². The summed E-state index contributed by atoms with van der Waals surface area (Å²) >= 11 is 0. The van der Waals surface area contributed by atoms with E-state index in [0.717, 1.165) is 48.1 Å². The van der Waals surface area contributed by atoms with Crippen LogP contribution in [0.2, 0.25) is 0 Å². The Morgan fingerprint density at radius 3 is 2.31 bits per heavy atom. The van der Waals surface area contributed by atoms with Crippen LogP contribution >= 0.6 is 0 Å². The van der Waals surface area contributed by atoms with Crippen molar-refractivity contribution in [1.82, 2.24) is 25.8 Å². The molecule has 1 spiro atoms. The maximum Gasteiger partial charge on any atom is 0.245 e. The number of nitrogens with one attached hydrogen (secondary N) is 3. The van der Waals surface area contributed by atoms with Crippen molar-refractivity contribution in [3.05, 3.63) is 101 Å². The van der Waals surface area contributed by atoms with Crippen LogP contribution in [0.5, 0.6) is 0 Å². The first-order valence-corrected chi connectivity index (χ1v) is 18.5. The zero-order valence-corrected chi connectivity index (χ0v) is 29.1. The van der Waals surface area contributed by atoms with Gasteiger partial charge in [0, 0.05) is 37.8 Å². The molecule has 1 unspecified atom stereocenters. The van der Waals surface area contributed by atoms with E-state index in [4.69, 9.17) is 0 Å². The van der Waals surface area contributed by atoms with Crippen molar-refractivity contribution in [2.45, 2.75) is 94.2 Å². The largest absolute Gasteiger partial charge is 0.376 e. The van der Waals surface area contributed by atoms with E-state index in [0.29, 0.717) is 45.6 Å². The Kier molecular flexibility index (Phi) is 10.7. The summed E-state index contributed by atoms with van der Waals surface area (Å²) in [4.78, 5) is 47.0. The van der Waals surface area contributed by atoms with E-state index in [2.05, 4.69) is 20.9 Å². The lowest BCUT2D eigenvalue weighted by Crippen LogP contribution is -2.62. The third-order valence-corrected chi connectivity index (χ3v) is 11.4.